The van der Waals surface area contributed by atoms with E-state index in [9.17, 15) is 0 Å². The molecule has 0 unspecified atom stereocenters. The molecule has 0 radical (unpaired) electrons. The molecule has 0 bridgehead atoms. The normalized spacial score (nSPS) is 15.1. The van der Waals surface area contributed by atoms with Crippen LogP contribution in [-0.2, 0) is 0 Å². The van der Waals surface area contributed by atoms with E-state index in [1.165, 1.54) is 43.0 Å². The van der Waals surface area contributed by atoms with Gasteiger partial charge < -0.3 is 17.7 Å². The number of hydrogen-bond donors (Lipinski definition) is 0. The molecule has 0 fully saturated rings. The first-order valence-electron chi connectivity index (χ1n) is 19.4. The van der Waals surface area contributed by atoms with Gasteiger partial charge in [0.1, 0.15) is 61.2 Å². The summed E-state index contributed by atoms with van der Waals surface area (Å²) in [6.45, 7) is 10.0. The Labute approximate surface area is 323 Å². The second-order valence-corrected chi connectivity index (χ2v) is 25.4. The van der Waals surface area contributed by atoms with Gasteiger partial charge in [-0.3, -0.25) is 0 Å². The molecule has 266 valence electrons. The van der Waals surface area contributed by atoms with Gasteiger partial charge in [0.05, 0.1) is 0 Å². The highest BCUT2D eigenvalue weighted by Gasteiger charge is 2.46. The van der Waals surface area contributed by atoms with Crippen LogP contribution in [0.1, 0.15) is 0 Å². The molecular weight excluding hydrogens is 721 g/mol. The van der Waals surface area contributed by atoms with Crippen molar-refractivity contribution in [3.8, 4) is 44.9 Å². The standard InChI is InChI=1S/C50H34O4Si2/c1-55(2)41-25-34-42(26-33(41)47-43(55)23-31(39-21-27-13-5-9-17-35(27)51-39)45-29-15-7-11-19-37(29)53-49(45)47)56(3,4)44-24-32(40-22-28-14-6-10-18-36(28)52-40)46-30-16-8-12-20-38(30)54-50(46)48(34)44/h5-26H,1-4H3. The lowest BCUT2D eigenvalue weighted by Gasteiger charge is -2.22. The first-order chi connectivity index (χ1) is 27.3. The Morgan fingerprint density at radius 3 is 1.16 bits per heavy atom. The topological polar surface area (TPSA) is 52.6 Å². The lowest BCUT2D eigenvalue weighted by atomic mass is 9.94. The van der Waals surface area contributed by atoms with E-state index < -0.39 is 16.1 Å². The molecule has 0 N–H and O–H groups in total. The lowest BCUT2D eigenvalue weighted by Crippen LogP contribution is -2.51. The van der Waals surface area contributed by atoms with Gasteiger partial charge in [0.25, 0.3) is 0 Å². The average molecular weight is 755 g/mol. The molecule has 7 aromatic carbocycles. The predicted octanol–water partition coefficient (Wildman–Crippen LogP) is 11.9. The van der Waals surface area contributed by atoms with E-state index in [4.69, 9.17) is 17.7 Å². The van der Waals surface area contributed by atoms with Crippen molar-refractivity contribution in [1.82, 2.24) is 0 Å². The maximum Gasteiger partial charge on any atom is 0.143 e. The van der Waals surface area contributed by atoms with Gasteiger partial charge in [-0.1, -0.05) is 123 Å². The molecule has 0 spiro atoms. The number of rotatable bonds is 2. The van der Waals surface area contributed by atoms with Crippen LogP contribution < -0.4 is 20.7 Å². The van der Waals surface area contributed by atoms with E-state index in [-0.39, 0.29) is 0 Å². The summed E-state index contributed by atoms with van der Waals surface area (Å²) in [7, 11) is -4.55. The second-order valence-electron chi connectivity index (χ2n) is 16.8. The van der Waals surface area contributed by atoms with Gasteiger partial charge in [0, 0.05) is 54.6 Å². The molecule has 2 aliphatic rings. The average Bonchev–Trinajstić information content (AvgIpc) is 4.05. The number of hydrogen-bond acceptors (Lipinski definition) is 4. The molecule has 4 nitrogen and oxygen atoms in total. The Morgan fingerprint density at radius 1 is 0.357 bits per heavy atom. The van der Waals surface area contributed by atoms with Gasteiger partial charge in [-0.05, 0) is 68.3 Å². The summed E-state index contributed by atoms with van der Waals surface area (Å²) in [6, 6.07) is 47.8. The molecule has 0 aliphatic carbocycles. The zero-order valence-electron chi connectivity index (χ0n) is 31.3. The molecule has 2 aliphatic heterocycles. The van der Waals surface area contributed by atoms with E-state index in [2.05, 4.69) is 148 Å². The fourth-order valence-corrected chi connectivity index (χ4v) is 16.4. The first kappa shape index (κ1) is 30.9. The minimum absolute atomic E-state index is 0.879. The summed E-state index contributed by atoms with van der Waals surface area (Å²) in [4.78, 5) is 0. The SMILES string of the molecule is C[Si]1(C)c2cc3c(cc2-c2c1cc(-c1cc4ccccc4o1)c1c2oc2ccccc21)[Si](C)(C)c1cc(-c2cc4ccccc4o2)c2c(oc4ccccc42)c1-3. The summed E-state index contributed by atoms with van der Waals surface area (Å²) in [6.07, 6.45) is 0. The summed E-state index contributed by atoms with van der Waals surface area (Å²) in [5.74, 6) is 1.76. The van der Waals surface area contributed by atoms with Crippen molar-refractivity contribution in [2.24, 2.45) is 0 Å². The summed E-state index contributed by atoms with van der Waals surface area (Å²) >= 11 is 0. The van der Waals surface area contributed by atoms with Crippen molar-refractivity contribution in [1.29, 1.82) is 0 Å². The smallest absolute Gasteiger partial charge is 0.143 e. The van der Waals surface area contributed by atoms with Crippen LogP contribution in [0.25, 0.3) is 111 Å². The predicted molar refractivity (Wildman–Crippen MR) is 236 cm³/mol. The summed E-state index contributed by atoms with van der Waals surface area (Å²) in [5.41, 5.74) is 12.9. The highest BCUT2D eigenvalue weighted by atomic mass is 28.3. The first-order valence-corrected chi connectivity index (χ1v) is 25.4. The van der Waals surface area contributed by atoms with Crippen LogP contribution in [0, 0.1) is 0 Å². The number of fused-ring (bicyclic) bond motifs is 16. The molecule has 6 heterocycles. The maximum absolute atomic E-state index is 6.96. The Bertz CT molecular complexity index is 3250. The fourth-order valence-electron chi connectivity index (χ4n) is 10.3. The van der Waals surface area contributed by atoms with Crippen molar-refractivity contribution in [3.05, 3.63) is 133 Å². The Kier molecular flexibility index (Phi) is 5.68. The maximum atomic E-state index is 6.96. The van der Waals surface area contributed by atoms with E-state index in [1.54, 1.807) is 0 Å². The van der Waals surface area contributed by atoms with Gasteiger partial charge in [-0.25, -0.2) is 0 Å². The molecule has 6 heteroatoms. The van der Waals surface area contributed by atoms with Crippen molar-refractivity contribution in [2.75, 3.05) is 0 Å². The zero-order chi connectivity index (χ0) is 37.2. The van der Waals surface area contributed by atoms with Crippen LogP contribution in [0.4, 0.5) is 0 Å². The number of para-hydroxylation sites is 4. The highest BCUT2D eigenvalue weighted by molar-refractivity contribution is 7.06. The van der Waals surface area contributed by atoms with Gasteiger partial charge >= 0.3 is 0 Å². The molecular formula is C50H34O4Si2. The minimum atomic E-state index is -2.28. The zero-order valence-corrected chi connectivity index (χ0v) is 33.3. The molecule has 13 rings (SSSR count). The molecule has 0 saturated heterocycles. The van der Waals surface area contributed by atoms with Crippen LogP contribution in [-0.4, -0.2) is 16.1 Å². The van der Waals surface area contributed by atoms with Crippen LogP contribution in [0.3, 0.4) is 0 Å². The molecule has 4 aromatic heterocycles. The highest BCUT2D eigenvalue weighted by Crippen LogP contribution is 2.48. The third-order valence-electron chi connectivity index (χ3n) is 13.1. The van der Waals surface area contributed by atoms with Crippen LogP contribution in [0.5, 0.6) is 0 Å². The number of benzene rings is 7. The van der Waals surface area contributed by atoms with E-state index >= 15 is 0 Å². The van der Waals surface area contributed by atoms with Gasteiger partial charge in [-0.15, -0.1) is 0 Å². The Hall–Kier alpha value is -6.35. The van der Waals surface area contributed by atoms with Crippen molar-refractivity contribution in [3.63, 3.8) is 0 Å². The fraction of sp³-hybridized carbons (Fsp3) is 0.0800. The van der Waals surface area contributed by atoms with Crippen molar-refractivity contribution >= 4 is 103 Å². The molecule has 0 atom stereocenters. The lowest BCUT2D eigenvalue weighted by molar-refractivity contribution is 0.631. The summed E-state index contributed by atoms with van der Waals surface area (Å²) < 4.78 is 27.1. The second kappa shape index (κ2) is 10.3. The van der Waals surface area contributed by atoms with E-state index in [1.807, 2.05) is 12.1 Å². The third kappa shape index (κ3) is 3.78. The Morgan fingerprint density at radius 2 is 0.732 bits per heavy atom. The largest absolute Gasteiger partial charge is 0.456 e. The van der Waals surface area contributed by atoms with Crippen LogP contribution >= 0.6 is 0 Å². The molecule has 56 heavy (non-hydrogen) atoms. The van der Waals surface area contributed by atoms with Gasteiger partial charge in [0.2, 0.25) is 0 Å². The molecule has 11 aromatic rings. The van der Waals surface area contributed by atoms with E-state index in [0.717, 1.165) is 88.5 Å². The minimum Gasteiger partial charge on any atom is -0.456 e. The number of furan rings is 4. The molecule has 0 saturated carbocycles. The van der Waals surface area contributed by atoms with Crippen molar-refractivity contribution < 1.29 is 17.7 Å². The van der Waals surface area contributed by atoms with Gasteiger partial charge in [-0.2, -0.15) is 0 Å². The Balaban J connectivity index is 1.10. The van der Waals surface area contributed by atoms with Crippen molar-refractivity contribution in [2.45, 2.75) is 26.2 Å². The van der Waals surface area contributed by atoms with E-state index in [0.29, 0.717) is 0 Å². The quantitative estimate of drug-likeness (QED) is 0.165. The van der Waals surface area contributed by atoms with Gasteiger partial charge in [0.15, 0.2) is 0 Å². The monoisotopic (exact) mass is 754 g/mol. The summed E-state index contributed by atoms with van der Waals surface area (Å²) in [5, 5.41) is 12.4. The third-order valence-corrected chi connectivity index (χ3v) is 20.1. The van der Waals surface area contributed by atoms with Crippen LogP contribution in [0.2, 0.25) is 26.2 Å². The van der Waals surface area contributed by atoms with Crippen LogP contribution in [0.15, 0.2) is 151 Å². The molecule has 0 amide bonds.